The number of aryl methyl sites for hydroxylation is 1. The van der Waals surface area contributed by atoms with Gasteiger partial charge in [0.25, 0.3) is 10.0 Å². The topological polar surface area (TPSA) is 75.7 Å². The van der Waals surface area contributed by atoms with Gasteiger partial charge in [0.1, 0.15) is 12.3 Å². The van der Waals surface area contributed by atoms with Crippen LogP contribution in [-0.2, 0) is 14.8 Å². The van der Waals surface area contributed by atoms with Crippen molar-refractivity contribution in [2.75, 3.05) is 17.5 Å². The van der Waals surface area contributed by atoms with Gasteiger partial charge in [-0.3, -0.25) is 9.10 Å². The minimum Gasteiger partial charge on any atom is -0.494 e. The molecule has 0 heterocycles. The molecule has 7 heteroatoms. The Hall–Kier alpha value is -3.32. The van der Waals surface area contributed by atoms with Gasteiger partial charge in [-0.25, -0.2) is 8.42 Å². The number of sulfonamides is 1. The zero-order valence-electron chi connectivity index (χ0n) is 18.5. The first-order valence-electron chi connectivity index (χ1n) is 10.5. The van der Waals surface area contributed by atoms with Crippen molar-refractivity contribution in [3.05, 3.63) is 90.0 Å². The fourth-order valence-electron chi connectivity index (χ4n) is 3.27. The van der Waals surface area contributed by atoms with Crippen LogP contribution >= 0.6 is 0 Å². The highest BCUT2D eigenvalue weighted by Crippen LogP contribution is 2.26. The van der Waals surface area contributed by atoms with Gasteiger partial charge in [-0.15, -0.1) is 0 Å². The van der Waals surface area contributed by atoms with E-state index in [2.05, 4.69) is 5.32 Å². The SMILES string of the molecule is CCOc1ccc(N(CC(=O)NC(C)c2ccc(C)cc2)S(=O)(=O)c2ccccc2)cc1. The van der Waals surface area contributed by atoms with Crippen molar-refractivity contribution in [2.24, 2.45) is 0 Å². The molecule has 0 saturated heterocycles. The fourth-order valence-corrected chi connectivity index (χ4v) is 4.71. The summed E-state index contributed by atoms with van der Waals surface area (Å²) in [6.45, 7) is 5.90. The second kappa shape index (κ2) is 10.3. The predicted molar refractivity (Wildman–Crippen MR) is 126 cm³/mol. The quantitative estimate of drug-likeness (QED) is 0.520. The van der Waals surface area contributed by atoms with Crippen LogP contribution in [0.25, 0.3) is 0 Å². The summed E-state index contributed by atoms with van der Waals surface area (Å²) >= 11 is 0. The van der Waals surface area contributed by atoms with Crippen LogP contribution in [0.1, 0.15) is 31.0 Å². The highest BCUT2D eigenvalue weighted by atomic mass is 32.2. The third-order valence-electron chi connectivity index (χ3n) is 5.01. The van der Waals surface area contributed by atoms with E-state index in [0.717, 1.165) is 15.4 Å². The smallest absolute Gasteiger partial charge is 0.264 e. The Morgan fingerprint density at radius 1 is 0.969 bits per heavy atom. The number of nitrogens with one attached hydrogen (secondary N) is 1. The van der Waals surface area contributed by atoms with Crippen molar-refractivity contribution in [2.45, 2.75) is 31.7 Å². The Labute approximate surface area is 189 Å². The summed E-state index contributed by atoms with van der Waals surface area (Å²) in [5, 5.41) is 2.90. The van der Waals surface area contributed by atoms with Gasteiger partial charge in [0.2, 0.25) is 5.91 Å². The van der Waals surface area contributed by atoms with Gasteiger partial charge < -0.3 is 10.1 Å². The van der Waals surface area contributed by atoms with E-state index < -0.39 is 15.9 Å². The van der Waals surface area contributed by atoms with Gasteiger partial charge >= 0.3 is 0 Å². The number of nitrogens with zero attached hydrogens (tertiary/aromatic N) is 1. The average Bonchev–Trinajstić information content (AvgIpc) is 2.79. The Kier molecular flexibility index (Phi) is 7.53. The second-order valence-electron chi connectivity index (χ2n) is 7.45. The second-order valence-corrected chi connectivity index (χ2v) is 9.31. The van der Waals surface area contributed by atoms with E-state index in [1.165, 1.54) is 12.1 Å². The molecule has 0 saturated carbocycles. The van der Waals surface area contributed by atoms with Gasteiger partial charge in [0.05, 0.1) is 23.2 Å². The molecule has 168 valence electrons. The van der Waals surface area contributed by atoms with Gasteiger partial charge in [-0.1, -0.05) is 48.0 Å². The van der Waals surface area contributed by atoms with Crippen molar-refractivity contribution in [3.8, 4) is 5.75 Å². The molecule has 6 nitrogen and oxygen atoms in total. The molecule has 0 aromatic heterocycles. The molecule has 0 spiro atoms. The van der Waals surface area contributed by atoms with Gasteiger partial charge in [0.15, 0.2) is 0 Å². The molecule has 3 rings (SSSR count). The number of rotatable bonds is 9. The lowest BCUT2D eigenvalue weighted by Crippen LogP contribution is -2.41. The van der Waals surface area contributed by atoms with Crippen LogP contribution in [0.15, 0.2) is 83.8 Å². The average molecular weight is 453 g/mol. The number of amides is 1. The zero-order chi connectivity index (χ0) is 23.1. The first kappa shape index (κ1) is 23.3. The maximum absolute atomic E-state index is 13.4. The van der Waals surface area contributed by atoms with E-state index in [9.17, 15) is 13.2 Å². The molecule has 0 aliphatic heterocycles. The summed E-state index contributed by atoms with van der Waals surface area (Å²) in [7, 11) is -3.95. The largest absolute Gasteiger partial charge is 0.494 e. The summed E-state index contributed by atoms with van der Waals surface area (Å²) < 4.78 is 33.3. The lowest BCUT2D eigenvalue weighted by Gasteiger charge is -2.25. The molecule has 3 aromatic rings. The molecule has 3 aromatic carbocycles. The Bertz CT molecular complexity index is 1130. The van der Waals surface area contributed by atoms with Crippen LogP contribution in [0.4, 0.5) is 5.69 Å². The third-order valence-corrected chi connectivity index (χ3v) is 6.80. The highest BCUT2D eigenvalue weighted by molar-refractivity contribution is 7.92. The molecule has 1 N–H and O–H groups in total. The third kappa shape index (κ3) is 5.68. The summed E-state index contributed by atoms with van der Waals surface area (Å²) in [6, 6.07) is 22.4. The molecule has 1 amide bonds. The molecule has 0 bridgehead atoms. The minimum absolute atomic E-state index is 0.119. The Morgan fingerprint density at radius 3 is 2.19 bits per heavy atom. The van der Waals surface area contributed by atoms with Crippen molar-refractivity contribution in [1.82, 2.24) is 5.32 Å². The van der Waals surface area contributed by atoms with E-state index in [-0.39, 0.29) is 17.5 Å². The molecular formula is C25H28N2O4S. The number of anilines is 1. The summed E-state index contributed by atoms with van der Waals surface area (Å²) in [5.74, 6) is 0.234. The number of carbonyl (C=O) groups is 1. The van der Waals surface area contributed by atoms with E-state index in [0.29, 0.717) is 18.0 Å². The van der Waals surface area contributed by atoms with Crippen LogP contribution in [-0.4, -0.2) is 27.5 Å². The predicted octanol–water partition coefficient (Wildman–Crippen LogP) is 4.47. The minimum atomic E-state index is -3.95. The summed E-state index contributed by atoms with van der Waals surface area (Å²) in [4.78, 5) is 13.0. The molecule has 0 radical (unpaired) electrons. The number of hydrogen-bond acceptors (Lipinski definition) is 4. The molecule has 0 fully saturated rings. The van der Waals surface area contributed by atoms with Gasteiger partial charge in [0, 0.05) is 0 Å². The van der Waals surface area contributed by atoms with E-state index in [1.54, 1.807) is 42.5 Å². The van der Waals surface area contributed by atoms with E-state index >= 15 is 0 Å². The first-order chi connectivity index (χ1) is 15.3. The Balaban J connectivity index is 1.86. The zero-order valence-corrected chi connectivity index (χ0v) is 19.3. The van der Waals surface area contributed by atoms with Crippen molar-refractivity contribution < 1.29 is 17.9 Å². The molecule has 0 aliphatic carbocycles. The van der Waals surface area contributed by atoms with Crippen molar-refractivity contribution in [3.63, 3.8) is 0 Å². The standard InChI is InChI=1S/C25H28N2O4S/c1-4-31-23-16-14-22(15-17-23)27(32(29,30)24-8-6-5-7-9-24)18-25(28)26-20(3)21-12-10-19(2)11-13-21/h5-17,20H,4,18H2,1-3H3,(H,26,28). The number of benzene rings is 3. The molecular weight excluding hydrogens is 424 g/mol. The highest BCUT2D eigenvalue weighted by Gasteiger charge is 2.27. The monoisotopic (exact) mass is 452 g/mol. The number of carbonyl (C=O) groups excluding carboxylic acids is 1. The van der Waals surface area contributed by atoms with E-state index in [4.69, 9.17) is 4.74 Å². The lowest BCUT2D eigenvalue weighted by atomic mass is 10.1. The number of ether oxygens (including phenoxy) is 1. The molecule has 1 unspecified atom stereocenters. The van der Waals surface area contributed by atoms with Crippen LogP contribution in [0, 0.1) is 6.92 Å². The Morgan fingerprint density at radius 2 is 1.59 bits per heavy atom. The van der Waals surface area contributed by atoms with Gasteiger partial charge in [-0.2, -0.15) is 0 Å². The summed E-state index contributed by atoms with van der Waals surface area (Å²) in [5.41, 5.74) is 2.46. The van der Waals surface area contributed by atoms with Crippen LogP contribution in [0.3, 0.4) is 0 Å². The molecule has 0 aliphatic rings. The maximum atomic E-state index is 13.4. The first-order valence-corrected chi connectivity index (χ1v) is 11.9. The van der Waals surface area contributed by atoms with Crippen molar-refractivity contribution in [1.29, 1.82) is 0 Å². The lowest BCUT2D eigenvalue weighted by molar-refractivity contribution is -0.120. The van der Waals surface area contributed by atoms with Crippen LogP contribution in [0.5, 0.6) is 5.75 Å². The van der Waals surface area contributed by atoms with E-state index in [1.807, 2.05) is 45.0 Å². The normalized spacial score (nSPS) is 12.1. The number of hydrogen-bond donors (Lipinski definition) is 1. The summed E-state index contributed by atoms with van der Waals surface area (Å²) in [6.07, 6.45) is 0. The van der Waals surface area contributed by atoms with Crippen molar-refractivity contribution >= 4 is 21.6 Å². The fraction of sp³-hybridized carbons (Fsp3) is 0.240. The van der Waals surface area contributed by atoms with Crippen LogP contribution in [0.2, 0.25) is 0 Å². The maximum Gasteiger partial charge on any atom is 0.264 e. The molecule has 1 atom stereocenters. The van der Waals surface area contributed by atoms with Gasteiger partial charge in [-0.05, 0) is 62.7 Å². The molecule has 32 heavy (non-hydrogen) atoms. The van der Waals surface area contributed by atoms with Crippen LogP contribution < -0.4 is 14.4 Å².